The molecule has 0 unspecified atom stereocenters. The average molecular weight is 322 g/mol. The third-order valence-corrected chi connectivity index (χ3v) is 4.44. The summed E-state index contributed by atoms with van der Waals surface area (Å²) in [5.41, 5.74) is 1.57. The van der Waals surface area contributed by atoms with E-state index in [-0.39, 0.29) is 11.5 Å². The van der Waals surface area contributed by atoms with E-state index in [0.717, 1.165) is 5.56 Å². The van der Waals surface area contributed by atoms with Gasteiger partial charge in [0, 0.05) is 5.56 Å². The molecule has 0 amide bonds. The lowest BCUT2D eigenvalue weighted by atomic mass is 10.2. The number of aryl methyl sites for hydroxylation is 1. The van der Waals surface area contributed by atoms with Gasteiger partial charge in [-0.2, -0.15) is 8.42 Å². The van der Waals surface area contributed by atoms with E-state index in [9.17, 15) is 8.42 Å². The standard InChI is InChI=1S/C16H18O5S/c1-12-7-9-14(10-8-12)22(17,18)21-11-13-5-4-6-15(19-2)16(13)20-3/h4-10H,11H2,1-3H3. The second-order valence-corrected chi connectivity index (χ2v) is 6.30. The minimum atomic E-state index is -3.82. The predicted molar refractivity (Wildman–Crippen MR) is 82.7 cm³/mol. The molecule has 0 aliphatic rings. The van der Waals surface area contributed by atoms with Crippen molar-refractivity contribution in [2.24, 2.45) is 0 Å². The van der Waals surface area contributed by atoms with Gasteiger partial charge in [0.05, 0.1) is 25.7 Å². The topological polar surface area (TPSA) is 61.8 Å². The number of ether oxygens (including phenoxy) is 2. The molecule has 0 saturated carbocycles. The highest BCUT2D eigenvalue weighted by Crippen LogP contribution is 2.31. The summed E-state index contributed by atoms with van der Waals surface area (Å²) in [7, 11) is -0.801. The molecule has 2 aromatic rings. The van der Waals surface area contributed by atoms with Gasteiger partial charge in [0.25, 0.3) is 10.1 Å². The normalized spacial score (nSPS) is 11.2. The summed E-state index contributed by atoms with van der Waals surface area (Å²) in [5, 5.41) is 0. The van der Waals surface area contributed by atoms with Crippen molar-refractivity contribution in [3.8, 4) is 11.5 Å². The number of rotatable bonds is 6. The summed E-state index contributed by atoms with van der Waals surface area (Å²) in [6.45, 7) is 1.76. The number of hydrogen-bond acceptors (Lipinski definition) is 5. The van der Waals surface area contributed by atoms with Crippen LogP contribution in [0.1, 0.15) is 11.1 Å². The summed E-state index contributed by atoms with van der Waals surface area (Å²) in [6, 6.07) is 11.7. The van der Waals surface area contributed by atoms with E-state index in [0.29, 0.717) is 17.1 Å². The van der Waals surface area contributed by atoms with Crippen LogP contribution in [-0.4, -0.2) is 22.6 Å². The molecule has 0 atom stereocenters. The Balaban J connectivity index is 2.21. The number of benzene rings is 2. The predicted octanol–water partition coefficient (Wildman–Crippen LogP) is 2.92. The highest BCUT2D eigenvalue weighted by Gasteiger charge is 2.17. The minimum Gasteiger partial charge on any atom is -0.493 e. The van der Waals surface area contributed by atoms with E-state index in [1.807, 2.05) is 6.92 Å². The van der Waals surface area contributed by atoms with Crippen molar-refractivity contribution in [1.29, 1.82) is 0 Å². The molecule has 5 nitrogen and oxygen atoms in total. The fourth-order valence-electron chi connectivity index (χ4n) is 1.98. The first kappa shape index (κ1) is 16.3. The smallest absolute Gasteiger partial charge is 0.297 e. The van der Waals surface area contributed by atoms with Gasteiger partial charge in [0.15, 0.2) is 11.5 Å². The Kier molecular flexibility index (Phi) is 5.05. The largest absolute Gasteiger partial charge is 0.493 e. The quantitative estimate of drug-likeness (QED) is 0.765. The fourth-order valence-corrected chi connectivity index (χ4v) is 2.87. The van der Waals surface area contributed by atoms with Gasteiger partial charge in [0.2, 0.25) is 0 Å². The molecule has 0 saturated heterocycles. The molecular weight excluding hydrogens is 304 g/mol. The van der Waals surface area contributed by atoms with Crippen molar-refractivity contribution in [1.82, 2.24) is 0 Å². The summed E-state index contributed by atoms with van der Waals surface area (Å²) in [6.07, 6.45) is 0. The summed E-state index contributed by atoms with van der Waals surface area (Å²) in [4.78, 5) is 0.125. The summed E-state index contributed by atoms with van der Waals surface area (Å²) in [5.74, 6) is 0.987. The van der Waals surface area contributed by atoms with Crippen molar-refractivity contribution in [3.63, 3.8) is 0 Å². The highest BCUT2D eigenvalue weighted by atomic mass is 32.2. The maximum absolute atomic E-state index is 12.2. The number of methoxy groups -OCH3 is 2. The minimum absolute atomic E-state index is 0.125. The van der Waals surface area contributed by atoms with E-state index in [4.69, 9.17) is 13.7 Å². The van der Waals surface area contributed by atoms with Crippen LogP contribution in [0.5, 0.6) is 11.5 Å². The van der Waals surface area contributed by atoms with Crippen LogP contribution in [-0.2, 0) is 20.9 Å². The third kappa shape index (κ3) is 3.58. The fraction of sp³-hybridized carbons (Fsp3) is 0.250. The molecule has 0 aliphatic carbocycles. The van der Waals surface area contributed by atoms with Crippen LogP contribution in [0.3, 0.4) is 0 Å². The van der Waals surface area contributed by atoms with Crippen LogP contribution in [0.25, 0.3) is 0 Å². The Morgan fingerprint density at radius 1 is 0.955 bits per heavy atom. The molecule has 118 valence electrons. The van der Waals surface area contributed by atoms with Crippen molar-refractivity contribution in [3.05, 3.63) is 53.6 Å². The molecule has 2 rings (SSSR count). The van der Waals surface area contributed by atoms with E-state index >= 15 is 0 Å². The van der Waals surface area contributed by atoms with Gasteiger partial charge in [-0.05, 0) is 25.1 Å². The maximum Gasteiger partial charge on any atom is 0.297 e. The zero-order valence-corrected chi connectivity index (χ0v) is 13.5. The first-order chi connectivity index (χ1) is 10.5. The molecule has 0 N–H and O–H groups in total. The van der Waals surface area contributed by atoms with Gasteiger partial charge in [-0.15, -0.1) is 0 Å². The van der Waals surface area contributed by atoms with Gasteiger partial charge >= 0.3 is 0 Å². The van der Waals surface area contributed by atoms with Gasteiger partial charge in [0.1, 0.15) is 0 Å². The Morgan fingerprint density at radius 3 is 2.23 bits per heavy atom. The van der Waals surface area contributed by atoms with Gasteiger partial charge in [-0.1, -0.05) is 29.8 Å². The average Bonchev–Trinajstić information content (AvgIpc) is 2.52. The molecule has 0 aliphatic heterocycles. The zero-order chi connectivity index (χ0) is 16.2. The van der Waals surface area contributed by atoms with E-state index in [1.165, 1.54) is 26.4 Å². The molecule has 0 bridgehead atoms. The molecule has 0 radical (unpaired) electrons. The lowest BCUT2D eigenvalue weighted by Crippen LogP contribution is -2.07. The van der Waals surface area contributed by atoms with Crippen molar-refractivity contribution < 1.29 is 22.1 Å². The first-order valence-electron chi connectivity index (χ1n) is 6.64. The number of para-hydroxylation sites is 1. The van der Waals surface area contributed by atoms with Crippen molar-refractivity contribution in [2.45, 2.75) is 18.4 Å². The molecule has 22 heavy (non-hydrogen) atoms. The second-order valence-electron chi connectivity index (χ2n) is 4.68. The molecule has 0 fully saturated rings. The molecule has 6 heteroatoms. The lowest BCUT2D eigenvalue weighted by molar-refractivity contribution is 0.293. The third-order valence-electron chi connectivity index (χ3n) is 3.16. The Hall–Kier alpha value is -2.05. The van der Waals surface area contributed by atoms with Crippen LogP contribution < -0.4 is 9.47 Å². The Bertz CT molecular complexity index is 736. The first-order valence-corrected chi connectivity index (χ1v) is 8.04. The lowest BCUT2D eigenvalue weighted by Gasteiger charge is -2.12. The van der Waals surface area contributed by atoms with Crippen LogP contribution in [0.2, 0.25) is 0 Å². The maximum atomic E-state index is 12.2. The van der Waals surface area contributed by atoms with Gasteiger partial charge in [-0.25, -0.2) is 0 Å². The van der Waals surface area contributed by atoms with E-state index in [2.05, 4.69) is 0 Å². The molecule has 0 aromatic heterocycles. The van der Waals surface area contributed by atoms with Crippen LogP contribution in [0.15, 0.2) is 47.4 Å². The van der Waals surface area contributed by atoms with E-state index < -0.39 is 10.1 Å². The molecular formula is C16H18O5S. The molecule has 0 heterocycles. The van der Waals surface area contributed by atoms with Crippen molar-refractivity contribution >= 4 is 10.1 Å². The number of hydrogen-bond donors (Lipinski definition) is 0. The summed E-state index contributed by atoms with van der Waals surface area (Å²) < 4.78 is 39.9. The van der Waals surface area contributed by atoms with Crippen LogP contribution >= 0.6 is 0 Å². The van der Waals surface area contributed by atoms with E-state index in [1.54, 1.807) is 30.3 Å². The Labute approximate surface area is 130 Å². The Morgan fingerprint density at radius 2 is 1.64 bits per heavy atom. The molecule has 2 aromatic carbocycles. The second kappa shape index (κ2) is 6.81. The van der Waals surface area contributed by atoms with Crippen LogP contribution in [0, 0.1) is 6.92 Å². The zero-order valence-electron chi connectivity index (χ0n) is 12.7. The van der Waals surface area contributed by atoms with Gasteiger partial charge in [-0.3, -0.25) is 4.18 Å². The van der Waals surface area contributed by atoms with Gasteiger partial charge < -0.3 is 9.47 Å². The summed E-state index contributed by atoms with van der Waals surface area (Å²) >= 11 is 0. The monoisotopic (exact) mass is 322 g/mol. The highest BCUT2D eigenvalue weighted by molar-refractivity contribution is 7.86. The van der Waals surface area contributed by atoms with Crippen molar-refractivity contribution in [2.75, 3.05) is 14.2 Å². The van der Waals surface area contributed by atoms with Crippen LogP contribution in [0.4, 0.5) is 0 Å². The molecule has 0 spiro atoms. The SMILES string of the molecule is COc1cccc(COS(=O)(=O)c2ccc(C)cc2)c1OC.